The van der Waals surface area contributed by atoms with Crippen molar-refractivity contribution in [1.82, 2.24) is 5.32 Å². The van der Waals surface area contributed by atoms with E-state index in [9.17, 15) is 5.11 Å². The van der Waals surface area contributed by atoms with Gasteiger partial charge in [0.2, 0.25) is 0 Å². The van der Waals surface area contributed by atoms with Gasteiger partial charge in [-0.1, -0.05) is 12.1 Å². The molecule has 3 nitrogen and oxygen atoms in total. The predicted molar refractivity (Wildman–Crippen MR) is 71.4 cm³/mol. The zero-order chi connectivity index (χ0) is 12.3. The van der Waals surface area contributed by atoms with Crippen LogP contribution in [0.1, 0.15) is 25.8 Å². The van der Waals surface area contributed by atoms with E-state index in [0.717, 1.165) is 31.6 Å². The molecular formula is C14H22N2O. The number of anilines is 1. The molecule has 1 aromatic carbocycles. The first-order chi connectivity index (χ1) is 8.19. The van der Waals surface area contributed by atoms with Crippen molar-refractivity contribution >= 4 is 5.69 Å². The van der Waals surface area contributed by atoms with E-state index in [-0.39, 0.29) is 0 Å². The molecule has 0 bridgehead atoms. The van der Waals surface area contributed by atoms with Crippen LogP contribution < -0.4 is 10.2 Å². The summed E-state index contributed by atoms with van der Waals surface area (Å²) in [6.45, 7) is 7.91. The number of nitrogens with zero attached hydrogens (tertiary/aromatic N) is 1. The number of rotatable bonds is 4. The summed E-state index contributed by atoms with van der Waals surface area (Å²) in [5, 5.41) is 13.6. The second kappa shape index (κ2) is 5.07. The smallest absolute Gasteiger partial charge is 0.103 e. The van der Waals surface area contributed by atoms with Gasteiger partial charge in [0.1, 0.15) is 5.60 Å². The van der Waals surface area contributed by atoms with Crippen LogP contribution in [0.3, 0.4) is 0 Å². The molecule has 0 aliphatic carbocycles. The molecule has 1 unspecified atom stereocenters. The van der Waals surface area contributed by atoms with Crippen LogP contribution >= 0.6 is 0 Å². The van der Waals surface area contributed by atoms with E-state index in [1.165, 1.54) is 5.69 Å². The fraction of sp³-hybridized carbons (Fsp3) is 0.571. The van der Waals surface area contributed by atoms with E-state index < -0.39 is 5.60 Å². The Kier molecular flexibility index (Phi) is 3.69. The highest BCUT2D eigenvalue weighted by Crippen LogP contribution is 2.29. The first-order valence-corrected chi connectivity index (χ1v) is 6.48. The Morgan fingerprint density at radius 1 is 1.24 bits per heavy atom. The van der Waals surface area contributed by atoms with Gasteiger partial charge in [-0.2, -0.15) is 0 Å². The predicted octanol–water partition coefficient (Wildman–Crippen LogP) is 1.71. The largest absolute Gasteiger partial charge is 0.384 e. The van der Waals surface area contributed by atoms with Gasteiger partial charge in [0, 0.05) is 25.3 Å². The highest BCUT2D eigenvalue weighted by Gasteiger charge is 2.32. The lowest BCUT2D eigenvalue weighted by Gasteiger charge is -2.25. The average molecular weight is 234 g/mol. The lowest BCUT2D eigenvalue weighted by atomic mass is 9.93. The van der Waals surface area contributed by atoms with Crippen LogP contribution in [0.4, 0.5) is 5.69 Å². The molecule has 94 valence electrons. The summed E-state index contributed by atoms with van der Waals surface area (Å²) < 4.78 is 0. The minimum absolute atomic E-state index is 0.664. The van der Waals surface area contributed by atoms with Gasteiger partial charge in [-0.25, -0.2) is 0 Å². The quantitative estimate of drug-likeness (QED) is 0.832. The van der Waals surface area contributed by atoms with E-state index in [1.807, 2.05) is 0 Å². The van der Waals surface area contributed by atoms with Crippen LogP contribution in [-0.2, 0) is 5.60 Å². The molecule has 1 aliphatic rings. The molecule has 0 saturated carbocycles. The summed E-state index contributed by atoms with van der Waals surface area (Å²) in [7, 11) is 0. The molecule has 1 heterocycles. The van der Waals surface area contributed by atoms with Gasteiger partial charge in [0.15, 0.2) is 0 Å². The zero-order valence-corrected chi connectivity index (χ0v) is 10.7. The Hall–Kier alpha value is -1.06. The molecule has 1 fully saturated rings. The van der Waals surface area contributed by atoms with E-state index >= 15 is 0 Å². The van der Waals surface area contributed by atoms with Crippen LogP contribution in [0.15, 0.2) is 24.3 Å². The molecule has 1 aliphatic heterocycles. The minimum Gasteiger partial charge on any atom is -0.384 e. The van der Waals surface area contributed by atoms with Gasteiger partial charge in [0.05, 0.1) is 0 Å². The topological polar surface area (TPSA) is 35.5 Å². The van der Waals surface area contributed by atoms with Crippen molar-refractivity contribution in [3.63, 3.8) is 0 Å². The van der Waals surface area contributed by atoms with Gasteiger partial charge < -0.3 is 15.3 Å². The molecule has 2 N–H and O–H groups in total. The summed E-state index contributed by atoms with van der Waals surface area (Å²) in [5.74, 6) is 0. The molecule has 17 heavy (non-hydrogen) atoms. The second-order valence-corrected chi connectivity index (χ2v) is 4.68. The molecule has 3 heteroatoms. The molecule has 2 rings (SSSR count). The van der Waals surface area contributed by atoms with Crippen molar-refractivity contribution in [3.8, 4) is 0 Å². The number of nitrogens with one attached hydrogen (secondary N) is 1. The van der Waals surface area contributed by atoms with Crippen molar-refractivity contribution in [1.29, 1.82) is 0 Å². The van der Waals surface area contributed by atoms with Crippen molar-refractivity contribution in [2.45, 2.75) is 25.9 Å². The third kappa shape index (κ3) is 2.45. The second-order valence-electron chi connectivity index (χ2n) is 4.68. The number of β-amino-alcohol motifs (C(OH)–C–C–N with tert-alkyl or cyclic N) is 1. The summed E-state index contributed by atoms with van der Waals surface area (Å²) in [5.41, 5.74) is 1.59. The van der Waals surface area contributed by atoms with Gasteiger partial charge >= 0.3 is 0 Å². The highest BCUT2D eigenvalue weighted by atomic mass is 16.3. The standard InChI is InChI=1S/C14H22N2O/c1-3-16(4-2)13-7-5-12(6-8-13)14(17)9-10-15-11-14/h5-8,15,17H,3-4,9-11H2,1-2H3. The highest BCUT2D eigenvalue weighted by molar-refractivity contribution is 5.48. The summed E-state index contributed by atoms with van der Waals surface area (Å²) in [6.07, 6.45) is 0.803. The van der Waals surface area contributed by atoms with Crippen molar-refractivity contribution in [2.75, 3.05) is 31.1 Å². The molecule has 0 amide bonds. The van der Waals surface area contributed by atoms with Crippen LogP contribution in [0.2, 0.25) is 0 Å². The van der Waals surface area contributed by atoms with Gasteiger partial charge in [-0.3, -0.25) is 0 Å². The molecule has 0 spiro atoms. The molecule has 1 atom stereocenters. The maximum atomic E-state index is 10.4. The first kappa shape index (κ1) is 12.4. The summed E-state index contributed by atoms with van der Waals surface area (Å²) in [4.78, 5) is 2.31. The van der Waals surface area contributed by atoms with Gasteiger partial charge in [-0.15, -0.1) is 0 Å². The van der Waals surface area contributed by atoms with Crippen molar-refractivity contribution < 1.29 is 5.11 Å². The van der Waals surface area contributed by atoms with E-state index in [1.54, 1.807) is 0 Å². The lowest BCUT2D eigenvalue weighted by Crippen LogP contribution is -2.28. The summed E-state index contributed by atoms with van der Waals surface area (Å²) >= 11 is 0. The third-order valence-corrected chi connectivity index (χ3v) is 3.67. The Balaban J connectivity index is 2.17. The average Bonchev–Trinajstić information content (AvgIpc) is 2.80. The van der Waals surface area contributed by atoms with E-state index in [0.29, 0.717) is 6.54 Å². The Morgan fingerprint density at radius 3 is 2.35 bits per heavy atom. The molecular weight excluding hydrogens is 212 g/mol. The maximum absolute atomic E-state index is 10.4. The van der Waals surface area contributed by atoms with E-state index in [4.69, 9.17) is 0 Å². The van der Waals surface area contributed by atoms with Crippen LogP contribution in [0, 0.1) is 0 Å². The van der Waals surface area contributed by atoms with Gasteiger partial charge in [0.25, 0.3) is 0 Å². The third-order valence-electron chi connectivity index (χ3n) is 3.67. The van der Waals surface area contributed by atoms with E-state index in [2.05, 4.69) is 48.3 Å². The Morgan fingerprint density at radius 2 is 1.88 bits per heavy atom. The monoisotopic (exact) mass is 234 g/mol. The molecule has 0 aromatic heterocycles. The van der Waals surface area contributed by atoms with Crippen LogP contribution in [-0.4, -0.2) is 31.3 Å². The number of hydrogen-bond donors (Lipinski definition) is 2. The Labute approximate surface area is 103 Å². The van der Waals surface area contributed by atoms with Crippen LogP contribution in [0.25, 0.3) is 0 Å². The number of benzene rings is 1. The normalized spacial score (nSPS) is 23.9. The number of aliphatic hydroxyl groups is 1. The fourth-order valence-electron chi connectivity index (χ4n) is 2.50. The molecule has 0 radical (unpaired) electrons. The van der Waals surface area contributed by atoms with Crippen molar-refractivity contribution in [3.05, 3.63) is 29.8 Å². The Bertz CT molecular complexity index is 351. The molecule has 1 saturated heterocycles. The zero-order valence-electron chi connectivity index (χ0n) is 10.7. The van der Waals surface area contributed by atoms with Crippen LogP contribution in [0.5, 0.6) is 0 Å². The SMILES string of the molecule is CCN(CC)c1ccc(C2(O)CCNC2)cc1. The fourth-order valence-corrected chi connectivity index (χ4v) is 2.50. The van der Waals surface area contributed by atoms with Gasteiger partial charge in [-0.05, 0) is 44.5 Å². The summed E-state index contributed by atoms with van der Waals surface area (Å²) in [6, 6.07) is 8.33. The molecule has 1 aromatic rings. The maximum Gasteiger partial charge on any atom is 0.103 e. The lowest BCUT2D eigenvalue weighted by molar-refractivity contribution is 0.0588. The van der Waals surface area contributed by atoms with Crippen molar-refractivity contribution in [2.24, 2.45) is 0 Å². The number of hydrogen-bond acceptors (Lipinski definition) is 3. The minimum atomic E-state index is -0.665. The first-order valence-electron chi connectivity index (χ1n) is 6.48.